The fourth-order valence-electron chi connectivity index (χ4n) is 2.45. The highest BCUT2D eigenvalue weighted by Crippen LogP contribution is 2.28. The van der Waals surface area contributed by atoms with Gasteiger partial charge in [0, 0.05) is 15.7 Å². The molecule has 0 bridgehead atoms. The Morgan fingerprint density at radius 3 is 2.18 bits per heavy atom. The van der Waals surface area contributed by atoms with E-state index < -0.39 is 0 Å². The van der Waals surface area contributed by atoms with Crippen LogP contribution in [0.5, 0.6) is 0 Å². The van der Waals surface area contributed by atoms with Crippen molar-refractivity contribution in [2.45, 2.75) is 26.7 Å². The number of anilines is 1. The van der Waals surface area contributed by atoms with Gasteiger partial charge in [0.1, 0.15) is 0 Å². The highest BCUT2D eigenvalue weighted by Gasteiger charge is 2.24. The maximum absolute atomic E-state index is 12.7. The third-order valence-corrected chi connectivity index (χ3v) is 4.12. The van der Waals surface area contributed by atoms with E-state index in [1.165, 1.54) is 0 Å². The van der Waals surface area contributed by atoms with Crippen LogP contribution in [0.2, 0.25) is 10.0 Å². The SMILES string of the molecule is Cc1ccc(Cl)cc1NC(=O)[C@@H](c1ccc(Cl)cc1)C(C)C. The number of amides is 1. The van der Waals surface area contributed by atoms with Gasteiger partial charge in [0.25, 0.3) is 0 Å². The summed E-state index contributed by atoms with van der Waals surface area (Å²) in [7, 11) is 0. The Bertz CT molecular complexity index is 665. The summed E-state index contributed by atoms with van der Waals surface area (Å²) in [6.07, 6.45) is 0. The van der Waals surface area contributed by atoms with Gasteiger partial charge in [-0.05, 0) is 48.2 Å². The molecule has 0 unspecified atom stereocenters. The van der Waals surface area contributed by atoms with Crippen molar-refractivity contribution < 1.29 is 4.79 Å². The van der Waals surface area contributed by atoms with E-state index >= 15 is 0 Å². The zero-order chi connectivity index (χ0) is 16.3. The van der Waals surface area contributed by atoms with E-state index in [-0.39, 0.29) is 17.7 Å². The molecule has 0 aliphatic carbocycles. The van der Waals surface area contributed by atoms with E-state index in [0.717, 1.165) is 16.8 Å². The minimum atomic E-state index is -0.240. The second-order valence-corrected chi connectivity index (χ2v) is 6.59. The molecule has 0 saturated carbocycles. The number of hydrogen-bond acceptors (Lipinski definition) is 1. The minimum Gasteiger partial charge on any atom is -0.325 e. The summed E-state index contributed by atoms with van der Waals surface area (Å²) in [5.74, 6) is -0.112. The van der Waals surface area contributed by atoms with Crippen LogP contribution in [0.3, 0.4) is 0 Å². The lowest BCUT2D eigenvalue weighted by molar-refractivity contribution is -0.118. The maximum atomic E-state index is 12.7. The molecule has 0 aromatic heterocycles. The second kappa shape index (κ2) is 7.17. The van der Waals surface area contributed by atoms with Crippen LogP contribution in [0.4, 0.5) is 5.69 Å². The van der Waals surface area contributed by atoms with Crippen molar-refractivity contribution in [3.63, 3.8) is 0 Å². The summed E-state index contributed by atoms with van der Waals surface area (Å²) in [6.45, 7) is 6.01. The number of hydrogen-bond donors (Lipinski definition) is 1. The Labute approximate surface area is 141 Å². The van der Waals surface area contributed by atoms with Crippen molar-refractivity contribution in [1.29, 1.82) is 0 Å². The normalized spacial score (nSPS) is 12.3. The van der Waals surface area contributed by atoms with Crippen molar-refractivity contribution in [3.05, 3.63) is 63.6 Å². The Morgan fingerprint density at radius 2 is 1.59 bits per heavy atom. The lowest BCUT2D eigenvalue weighted by atomic mass is 9.87. The van der Waals surface area contributed by atoms with Crippen molar-refractivity contribution in [3.8, 4) is 0 Å². The van der Waals surface area contributed by atoms with Crippen LogP contribution in [0.15, 0.2) is 42.5 Å². The molecule has 2 rings (SSSR count). The molecule has 2 aromatic rings. The van der Waals surface area contributed by atoms with Crippen LogP contribution in [-0.2, 0) is 4.79 Å². The van der Waals surface area contributed by atoms with Crippen LogP contribution in [0.25, 0.3) is 0 Å². The van der Waals surface area contributed by atoms with Gasteiger partial charge < -0.3 is 5.32 Å². The highest BCUT2D eigenvalue weighted by atomic mass is 35.5. The fraction of sp³-hybridized carbons (Fsp3) is 0.278. The van der Waals surface area contributed by atoms with Crippen LogP contribution in [0.1, 0.15) is 30.9 Å². The van der Waals surface area contributed by atoms with E-state index in [2.05, 4.69) is 5.32 Å². The first kappa shape index (κ1) is 16.9. The summed E-state index contributed by atoms with van der Waals surface area (Å²) in [4.78, 5) is 12.7. The minimum absolute atomic E-state index is 0.0392. The van der Waals surface area contributed by atoms with Gasteiger partial charge in [0.15, 0.2) is 0 Å². The van der Waals surface area contributed by atoms with Gasteiger partial charge in [0.05, 0.1) is 5.92 Å². The maximum Gasteiger partial charge on any atom is 0.232 e. The van der Waals surface area contributed by atoms with Crippen LogP contribution in [0, 0.1) is 12.8 Å². The van der Waals surface area contributed by atoms with E-state index in [1.807, 2.05) is 57.2 Å². The molecule has 2 nitrogen and oxygen atoms in total. The van der Waals surface area contributed by atoms with E-state index in [0.29, 0.717) is 10.0 Å². The zero-order valence-corrected chi connectivity index (χ0v) is 14.4. The molecule has 1 amide bonds. The lowest BCUT2D eigenvalue weighted by Gasteiger charge is -2.21. The summed E-state index contributed by atoms with van der Waals surface area (Å²) in [5.41, 5.74) is 2.69. The van der Waals surface area contributed by atoms with Gasteiger partial charge in [0.2, 0.25) is 5.91 Å². The molecule has 116 valence electrons. The van der Waals surface area contributed by atoms with Crippen molar-refractivity contribution in [2.24, 2.45) is 5.92 Å². The topological polar surface area (TPSA) is 29.1 Å². The van der Waals surface area contributed by atoms with Gasteiger partial charge in [-0.1, -0.05) is 55.2 Å². The van der Waals surface area contributed by atoms with E-state index in [1.54, 1.807) is 6.07 Å². The first-order chi connectivity index (χ1) is 10.4. The van der Waals surface area contributed by atoms with Crippen molar-refractivity contribution >= 4 is 34.8 Å². The van der Waals surface area contributed by atoms with Gasteiger partial charge in [-0.25, -0.2) is 0 Å². The van der Waals surface area contributed by atoms with E-state index in [9.17, 15) is 4.79 Å². The number of halogens is 2. The van der Waals surface area contributed by atoms with Gasteiger partial charge in [-0.2, -0.15) is 0 Å². The summed E-state index contributed by atoms with van der Waals surface area (Å²) in [6, 6.07) is 12.9. The Hall–Kier alpha value is -1.51. The number of carbonyl (C=O) groups is 1. The molecule has 0 spiro atoms. The first-order valence-electron chi connectivity index (χ1n) is 7.21. The molecule has 0 heterocycles. The van der Waals surface area contributed by atoms with Crippen LogP contribution in [-0.4, -0.2) is 5.91 Å². The molecular formula is C18H19Cl2NO. The predicted octanol–water partition coefficient (Wildman–Crippen LogP) is 5.68. The molecule has 2 aromatic carbocycles. The molecule has 0 saturated heterocycles. The Balaban J connectivity index is 2.27. The number of rotatable bonds is 4. The Kier molecular flexibility index (Phi) is 5.49. The molecule has 1 N–H and O–H groups in total. The fourth-order valence-corrected chi connectivity index (χ4v) is 2.75. The van der Waals surface area contributed by atoms with Gasteiger partial charge >= 0.3 is 0 Å². The number of nitrogens with one attached hydrogen (secondary N) is 1. The molecule has 22 heavy (non-hydrogen) atoms. The molecule has 1 atom stereocenters. The average molecular weight is 336 g/mol. The van der Waals surface area contributed by atoms with Crippen LogP contribution < -0.4 is 5.32 Å². The standard InChI is InChI=1S/C18H19Cl2NO/c1-11(2)17(13-5-8-14(19)9-6-13)18(22)21-16-10-15(20)7-4-12(16)3/h4-11,17H,1-3H3,(H,21,22)/t17-/m1/s1. The number of aryl methyl sites for hydroxylation is 1. The highest BCUT2D eigenvalue weighted by molar-refractivity contribution is 6.31. The monoisotopic (exact) mass is 335 g/mol. The third-order valence-electron chi connectivity index (χ3n) is 3.64. The first-order valence-corrected chi connectivity index (χ1v) is 7.96. The van der Waals surface area contributed by atoms with Gasteiger partial charge in [-0.3, -0.25) is 4.79 Å². The molecular weight excluding hydrogens is 317 g/mol. The van der Waals surface area contributed by atoms with E-state index in [4.69, 9.17) is 23.2 Å². The second-order valence-electron chi connectivity index (χ2n) is 5.72. The number of carbonyl (C=O) groups excluding carboxylic acids is 1. The van der Waals surface area contributed by atoms with Crippen molar-refractivity contribution in [2.75, 3.05) is 5.32 Å². The van der Waals surface area contributed by atoms with Crippen LogP contribution >= 0.6 is 23.2 Å². The number of benzene rings is 2. The smallest absolute Gasteiger partial charge is 0.232 e. The van der Waals surface area contributed by atoms with Crippen molar-refractivity contribution in [1.82, 2.24) is 0 Å². The quantitative estimate of drug-likeness (QED) is 0.764. The summed E-state index contributed by atoms with van der Waals surface area (Å²) in [5, 5.41) is 4.26. The average Bonchev–Trinajstić information content (AvgIpc) is 2.45. The molecule has 0 fully saturated rings. The largest absolute Gasteiger partial charge is 0.325 e. The molecule has 0 radical (unpaired) electrons. The Morgan fingerprint density at radius 1 is 1.00 bits per heavy atom. The summed E-state index contributed by atoms with van der Waals surface area (Å²) < 4.78 is 0. The third kappa shape index (κ3) is 4.02. The molecule has 4 heteroatoms. The zero-order valence-electron chi connectivity index (χ0n) is 12.9. The van der Waals surface area contributed by atoms with Gasteiger partial charge in [-0.15, -0.1) is 0 Å². The molecule has 0 aliphatic heterocycles. The lowest BCUT2D eigenvalue weighted by Crippen LogP contribution is -2.25. The summed E-state index contributed by atoms with van der Waals surface area (Å²) >= 11 is 11.9. The molecule has 0 aliphatic rings. The predicted molar refractivity (Wildman–Crippen MR) is 93.8 cm³/mol.